The second kappa shape index (κ2) is 27.7. The number of phenols is 4. The van der Waals surface area contributed by atoms with Gasteiger partial charge in [0.15, 0.2) is 55.0 Å². The Bertz CT molecular complexity index is 3990. The first-order valence-electron chi connectivity index (χ1n) is 33.2. The number of morpholine rings is 2. The van der Waals surface area contributed by atoms with E-state index in [1.54, 1.807) is 48.0 Å². The number of rotatable bonds is 14. The predicted octanol–water partition coefficient (Wildman–Crippen LogP) is 4.28. The summed E-state index contributed by atoms with van der Waals surface area (Å²) in [5, 5.41) is 85.9. The highest BCUT2D eigenvalue weighted by atomic mass is 16.7. The summed E-state index contributed by atoms with van der Waals surface area (Å²) in [6.07, 6.45) is -8.85. The molecule has 0 saturated carbocycles. The summed E-state index contributed by atoms with van der Waals surface area (Å²) in [6.45, 7) is 11.5. The Hall–Kier alpha value is -7.43. The molecular formula is C71H86N4O25. The lowest BCUT2D eigenvalue weighted by Crippen LogP contribution is -2.55. The zero-order valence-corrected chi connectivity index (χ0v) is 56.3. The molecule has 540 valence electrons. The van der Waals surface area contributed by atoms with Crippen LogP contribution in [0.3, 0.4) is 0 Å². The number of hydrogen-bond donors (Lipinski definition) is 8. The Morgan fingerprint density at radius 2 is 1.02 bits per heavy atom. The van der Waals surface area contributed by atoms with Gasteiger partial charge in [0, 0.05) is 123 Å². The number of carbonyl (C=O) groups is 6. The first-order valence-corrected chi connectivity index (χ1v) is 33.2. The zero-order valence-electron chi connectivity index (χ0n) is 56.3. The molecule has 1 amide bonds. The second-order valence-electron chi connectivity index (χ2n) is 27.3. The average molecular weight is 1400 g/mol. The standard InChI is InChI=1S/C36H43N3O13.C34H39NO12.CH4/c1-15(2)33(45)38-37-22(14-40)36(46)12-18-25(31(44)27-26(29(18)42)28(41)17-7-6-8-20(47-4)24(17)30(27)43)21(13-36)51-23-11-19-32(16(3)50-23)52-34-35(48-5)49-10-9-39(19)34;1-14(2)31(40)34(41)12-17-23(29(39)25-24(27(17)37)26(36)16-7-6-8-19(42-4)22(16)28(25)38)20(13-34)46-21-11-18-30(15(3)45-21)47-32-33(43-5)44-10-9-35(18)32;/h6-8,15-16,19,21,23,32,34-35,40,42,44,46H,9-14H2,1-5H3,(H,38,45);6-8,14-15,18,20-21,30,32-33,37,39,41H,9-13H2,1-5H3;1H4/b37-22+;;/t16-,19-,21-,23-,32+,34+,35-,36-;15-,18-,20-,21-,30+,32+,33-,34-;/m00./s1. The van der Waals surface area contributed by atoms with Crippen molar-refractivity contribution < 1.29 is 121 Å². The van der Waals surface area contributed by atoms with Crippen LogP contribution in [-0.2, 0) is 69.8 Å². The molecule has 10 aliphatic rings. The third-order valence-electron chi connectivity index (χ3n) is 20.9. The van der Waals surface area contributed by atoms with Crippen molar-refractivity contribution in [2.45, 2.75) is 185 Å². The summed E-state index contributed by atoms with van der Waals surface area (Å²) >= 11 is 0. The number of carbonyl (C=O) groups excluding carboxylic acids is 6. The molecule has 8 N–H and O–H groups in total. The zero-order chi connectivity index (χ0) is 70.7. The predicted molar refractivity (Wildman–Crippen MR) is 347 cm³/mol. The minimum atomic E-state index is -2.07. The number of benzene rings is 4. The van der Waals surface area contributed by atoms with E-state index in [2.05, 4.69) is 20.3 Å². The highest BCUT2D eigenvalue weighted by molar-refractivity contribution is 6.32. The number of phenolic OH excluding ortho intramolecular Hbond substituents is 4. The lowest BCUT2D eigenvalue weighted by Gasteiger charge is -2.44. The van der Waals surface area contributed by atoms with Crippen molar-refractivity contribution >= 4 is 40.5 Å². The van der Waals surface area contributed by atoms with Crippen LogP contribution in [0.5, 0.6) is 34.5 Å². The Labute approximate surface area is 576 Å². The fourth-order valence-electron chi connectivity index (χ4n) is 16.1. The molecule has 29 heteroatoms. The van der Waals surface area contributed by atoms with Gasteiger partial charge in [-0.25, -0.2) is 5.43 Å². The van der Waals surface area contributed by atoms with Crippen molar-refractivity contribution in [3.63, 3.8) is 0 Å². The smallest absolute Gasteiger partial charge is 0.242 e. The van der Waals surface area contributed by atoms with Crippen molar-refractivity contribution in [3.8, 4) is 34.5 Å². The van der Waals surface area contributed by atoms with Crippen molar-refractivity contribution in [2.75, 3.05) is 61.3 Å². The number of Topliss-reactive ketones (excluding diaryl/α,β-unsaturated/α-hetero) is 1. The first-order chi connectivity index (χ1) is 47.2. The van der Waals surface area contributed by atoms with Gasteiger partial charge in [-0.15, -0.1) is 0 Å². The van der Waals surface area contributed by atoms with Gasteiger partial charge in [0.1, 0.15) is 57.9 Å². The molecule has 6 fully saturated rings. The van der Waals surface area contributed by atoms with E-state index in [0.717, 1.165) is 0 Å². The maximum absolute atomic E-state index is 14.1. The number of ketones is 5. The molecule has 0 radical (unpaired) electrons. The van der Waals surface area contributed by atoms with Crippen molar-refractivity contribution in [3.05, 3.63) is 103 Å². The number of aliphatic hydroxyl groups excluding tert-OH is 1. The minimum absolute atomic E-state index is 0. The summed E-state index contributed by atoms with van der Waals surface area (Å²) < 4.78 is 71.5. The van der Waals surface area contributed by atoms with E-state index in [9.17, 15) is 64.5 Å². The van der Waals surface area contributed by atoms with Gasteiger partial charge in [0.05, 0.1) is 97.5 Å². The van der Waals surface area contributed by atoms with Gasteiger partial charge in [-0.2, -0.15) is 5.10 Å². The van der Waals surface area contributed by atoms with E-state index in [1.807, 2.05) is 13.8 Å². The number of hydrogen-bond acceptors (Lipinski definition) is 28. The minimum Gasteiger partial charge on any atom is -0.507 e. The maximum atomic E-state index is 14.1. The van der Waals surface area contributed by atoms with Crippen molar-refractivity contribution in [1.29, 1.82) is 0 Å². The van der Waals surface area contributed by atoms with Crippen LogP contribution in [0.1, 0.15) is 173 Å². The van der Waals surface area contributed by atoms with Gasteiger partial charge in [-0.05, 0) is 26.0 Å². The monoisotopic (exact) mass is 1390 g/mol. The topological polar surface area (TPSA) is 386 Å². The number of aromatic hydroxyl groups is 4. The normalized spacial score (nSPS) is 31.9. The molecule has 6 heterocycles. The molecule has 0 aromatic heterocycles. The third-order valence-corrected chi connectivity index (χ3v) is 20.9. The number of nitrogens with zero attached hydrogens (tertiary/aromatic N) is 3. The Balaban J connectivity index is 0.000000189. The van der Waals surface area contributed by atoms with Crippen molar-refractivity contribution in [2.24, 2.45) is 16.9 Å². The summed E-state index contributed by atoms with van der Waals surface area (Å²) in [6, 6.07) is 8.66. The SMILES string of the molecule is C.COc1cccc2c1C(=O)c1c(O)c3c(c(O)c1C2=O)C[C@@](O)(/C(CO)=N/NC(=O)C(C)C)C[C@@H]3O[C@H]1C[C@H]2[C@H](O[C@@H]3[C@@H](OC)OCCN32)[C@H](C)O1.COc1cccc2c1C(=O)c1c(O)c3c(c(O)c1C2=O)C[C@@](O)(C(=O)C(C)C)C[C@@H]3O[C@H]1C[C@H]2[C@H](O[C@@H]3[C@@H](OC)OCCN32)[C@H](C)O1. The summed E-state index contributed by atoms with van der Waals surface area (Å²) in [5.41, 5.74) is -3.91. The lowest BCUT2D eigenvalue weighted by atomic mass is 9.70. The molecule has 0 unspecified atom stereocenters. The number of aliphatic hydroxyl groups is 3. The van der Waals surface area contributed by atoms with E-state index in [1.165, 1.54) is 44.6 Å². The molecule has 29 nitrogen and oxygen atoms in total. The third kappa shape index (κ3) is 11.9. The Morgan fingerprint density at radius 3 is 1.42 bits per heavy atom. The van der Waals surface area contributed by atoms with Gasteiger partial charge in [-0.3, -0.25) is 38.6 Å². The van der Waals surface area contributed by atoms with Crippen LogP contribution in [0.2, 0.25) is 0 Å². The molecule has 6 saturated heterocycles. The molecule has 4 aliphatic carbocycles. The molecule has 100 heavy (non-hydrogen) atoms. The van der Waals surface area contributed by atoms with E-state index in [-0.39, 0.29) is 118 Å². The van der Waals surface area contributed by atoms with Crippen molar-refractivity contribution in [1.82, 2.24) is 15.2 Å². The number of ether oxygens (including phenoxy) is 12. The quantitative estimate of drug-likeness (QED) is 0.0428. The number of methoxy groups -OCH3 is 4. The van der Waals surface area contributed by atoms with E-state index in [0.29, 0.717) is 32.7 Å². The van der Waals surface area contributed by atoms with Gasteiger partial charge < -0.3 is 92.6 Å². The lowest BCUT2D eigenvalue weighted by molar-refractivity contribution is -0.256. The molecule has 16 atom stereocenters. The van der Waals surface area contributed by atoms with Crippen LogP contribution < -0.4 is 14.9 Å². The van der Waals surface area contributed by atoms with Gasteiger partial charge in [0.25, 0.3) is 0 Å². The van der Waals surface area contributed by atoms with Crippen LogP contribution in [0.25, 0.3) is 0 Å². The molecule has 6 aliphatic heterocycles. The fourth-order valence-corrected chi connectivity index (χ4v) is 16.1. The second-order valence-corrected chi connectivity index (χ2v) is 27.3. The molecule has 0 bridgehead atoms. The van der Waals surface area contributed by atoms with Crippen LogP contribution in [-0.4, -0.2) is 233 Å². The summed E-state index contributed by atoms with van der Waals surface area (Å²) in [7, 11) is 5.81. The molecular weight excluding hydrogens is 1310 g/mol. The Morgan fingerprint density at radius 1 is 0.600 bits per heavy atom. The first kappa shape index (κ1) is 72.4. The number of amides is 1. The van der Waals surface area contributed by atoms with Crippen LogP contribution in [0.15, 0.2) is 41.5 Å². The molecule has 4 aromatic rings. The molecule has 4 aromatic carbocycles. The average Bonchev–Trinajstić information content (AvgIpc) is 1.03. The summed E-state index contributed by atoms with van der Waals surface area (Å²) in [4.78, 5) is 85.9. The Kier molecular flexibility index (Phi) is 20.1. The van der Waals surface area contributed by atoms with Crippen LogP contribution in [0.4, 0.5) is 0 Å². The van der Waals surface area contributed by atoms with Crippen LogP contribution >= 0.6 is 0 Å². The molecule has 14 rings (SSSR count). The largest absolute Gasteiger partial charge is 0.507 e. The van der Waals surface area contributed by atoms with E-state index < -0.39 is 179 Å². The number of nitrogens with one attached hydrogen (secondary N) is 1. The highest BCUT2D eigenvalue weighted by Crippen LogP contribution is 2.56. The maximum Gasteiger partial charge on any atom is 0.242 e. The van der Waals surface area contributed by atoms with Gasteiger partial charge in [0.2, 0.25) is 17.5 Å². The number of hydrazone groups is 1. The van der Waals surface area contributed by atoms with Gasteiger partial charge >= 0.3 is 0 Å². The van der Waals surface area contributed by atoms with Crippen LogP contribution in [0, 0.1) is 11.8 Å². The van der Waals surface area contributed by atoms with E-state index >= 15 is 0 Å². The molecule has 0 spiro atoms. The fraction of sp³-hybridized carbons (Fsp3) is 0.563. The summed E-state index contributed by atoms with van der Waals surface area (Å²) in [5.74, 6) is -7.04. The number of fused-ring (bicyclic) bond motifs is 12. The van der Waals surface area contributed by atoms with Gasteiger partial charge in [-0.1, -0.05) is 59.4 Å². The highest BCUT2D eigenvalue weighted by Gasteiger charge is 2.58. The van der Waals surface area contributed by atoms with E-state index in [4.69, 9.17) is 56.8 Å².